The van der Waals surface area contributed by atoms with Crippen LogP contribution in [0, 0.1) is 21.8 Å². The highest BCUT2D eigenvalue weighted by Crippen LogP contribution is 2.29. The number of ketones is 1. The van der Waals surface area contributed by atoms with E-state index in [1.165, 1.54) is 0 Å². The molecule has 0 aliphatic heterocycles. The van der Waals surface area contributed by atoms with Crippen LogP contribution in [0.1, 0.15) is 27.4 Å². The number of Topliss-reactive ketones (excluding diaryl/α,β-unsaturated/α-hetero) is 1. The number of carbonyl (C=O) groups is 1. The van der Waals surface area contributed by atoms with Gasteiger partial charge in [-0.1, -0.05) is 48.0 Å². The fourth-order valence-electron chi connectivity index (χ4n) is 1.97. The van der Waals surface area contributed by atoms with E-state index in [-0.39, 0.29) is 5.78 Å². The summed E-state index contributed by atoms with van der Waals surface area (Å²) < 4.78 is 0.877. The zero-order valence-electron chi connectivity index (χ0n) is 10.7. The second-order valence-electron chi connectivity index (χ2n) is 4.38. The van der Waals surface area contributed by atoms with Crippen molar-refractivity contribution < 1.29 is 4.79 Å². The molecule has 2 aromatic carbocycles. The molecule has 2 rings (SSSR count). The number of hydrogen-bond acceptors (Lipinski definition) is 2. The zero-order valence-corrected chi connectivity index (χ0v) is 13.6. The van der Waals surface area contributed by atoms with Gasteiger partial charge in [0.1, 0.15) is 5.92 Å². The van der Waals surface area contributed by atoms with Crippen LogP contribution >= 0.6 is 34.2 Å². The summed E-state index contributed by atoms with van der Waals surface area (Å²) in [5.41, 5.74) is 2.14. The Kier molecular flexibility index (Phi) is 4.79. The molecule has 2 aromatic rings. The second-order valence-corrected chi connectivity index (χ2v) is 5.87. The van der Waals surface area contributed by atoms with Gasteiger partial charge < -0.3 is 0 Å². The van der Waals surface area contributed by atoms with Crippen molar-refractivity contribution in [3.05, 3.63) is 67.7 Å². The van der Waals surface area contributed by atoms with Crippen molar-refractivity contribution >= 4 is 40.0 Å². The van der Waals surface area contributed by atoms with Gasteiger partial charge in [-0.3, -0.25) is 4.79 Å². The van der Waals surface area contributed by atoms with Gasteiger partial charge in [0.05, 0.1) is 6.07 Å². The molecule has 0 aromatic heterocycles. The highest BCUT2D eigenvalue weighted by atomic mass is 127. The Balaban J connectivity index is 2.49. The van der Waals surface area contributed by atoms with E-state index in [4.69, 9.17) is 11.6 Å². The summed E-state index contributed by atoms with van der Waals surface area (Å²) >= 11 is 8.23. The maximum atomic E-state index is 12.6. The minimum atomic E-state index is -0.876. The Morgan fingerprint density at radius 2 is 1.95 bits per heavy atom. The van der Waals surface area contributed by atoms with Crippen molar-refractivity contribution in [3.63, 3.8) is 0 Å². The van der Waals surface area contributed by atoms with Crippen molar-refractivity contribution in [1.29, 1.82) is 5.26 Å². The Morgan fingerprint density at radius 1 is 1.25 bits per heavy atom. The molecule has 1 atom stereocenters. The third-order valence-corrected chi connectivity index (χ3v) is 4.84. The van der Waals surface area contributed by atoms with Crippen molar-refractivity contribution in [2.24, 2.45) is 0 Å². The standard InChI is InChI=1S/C16H11ClINO/c1-10-5-4-7-12(15(10)18)16(20)13(9-19)11-6-2-3-8-14(11)17/h2-8,13H,1H3. The van der Waals surface area contributed by atoms with Crippen LogP contribution in [0.5, 0.6) is 0 Å². The summed E-state index contributed by atoms with van der Waals surface area (Å²) in [5, 5.41) is 9.80. The minimum Gasteiger partial charge on any atom is -0.292 e. The van der Waals surface area contributed by atoms with E-state index < -0.39 is 5.92 Å². The lowest BCUT2D eigenvalue weighted by Crippen LogP contribution is -2.13. The monoisotopic (exact) mass is 395 g/mol. The van der Waals surface area contributed by atoms with Crippen LogP contribution in [0.15, 0.2) is 42.5 Å². The number of carbonyl (C=O) groups excluding carboxylic acids is 1. The van der Waals surface area contributed by atoms with Gasteiger partial charge in [-0.05, 0) is 46.7 Å². The first-order chi connectivity index (χ1) is 9.56. The molecule has 0 saturated heterocycles. The second kappa shape index (κ2) is 6.38. The third-order valence-electron chi connectivity index (χ3n) is 3.06. The molecule has 0 saturated carbocycles. The van der Waals surface area contributed by atoms with E-state index >= 15 is 0 Å². The maximum absolute atomic E-state index is 12.6. The van der Waals surface area contributed by atoms with Crippen LogP contribution in [0.4, 0.5) is 0 Å². The molecule has 2 nitrogen and oxygen atoms in total. The predicted octanol–water partition coefficient (Wildman–Crippen LogP) is 4.74. The Hall–Kier alpha value is -1.38. The molecule has 0 fully saturated rings. The number of hydrogen-bond donors (Lipinski definition) is 0. The fourth-order valence-corrected chi connectivity index (χ4v) is 2.84. The van der Waals surface area contributed by atoms with Gasteiger partial charge in [-0.15, -0.1) is 0 Å². The topological polar surface area (TPSA) is 40.9 Å². The van der Waals surface area contributed by atoms with Gasteiger partial charge in [0.15, 0.2) is 5.78 Å². The summed E-state index contributed by atoms with van der Waals surface area (Å²) in [4.78, 5) is 12.6. The molecule has 0 N–H and O–H groups in total. The summed E-state index contributed by atoms with van der Waals surface area (Å²) in [5.74, 6) is -1.09. The van der Waals surface area contributed by atoms with Gasteiger partial charge in [-0.25, -0.2) is 0 Å². The molecule has 4 heteroatoms. The lowest BCUT2D eigenvalue weighted by molar-refractivity contribution is 0.0978. The first-order valence-electron chi connectivity index (χ1n) is 5.99. The predicted molar refractivity (Wildman–Crippen MR) is 88.0 cm³/mol. The molecule has 0 heterocycles. The van der Waals surface area contributed by atoms with Gasteiger partial charge >= 0.3 is 0 Å². The van der Waals surface area contributed by atoms with Crippen molar-refractivity contribution in [3.8, 4) is 6.07 Å². The SMILES string of the molecule is Cc1cccc(C(=O)C(C#N)c2ccccc2Cl)c1I. The van der Waals surface area contributed by atoms with Crippen LogP contribution in [0.3, 0.4) is 0 Å². The molecule has 0 amide bonds. The molecule has 0 radical (unpaired) electrons. The number of aryl methyl sites for hydroxylation is 1. The molecule has 0 aliphatic carbocycles. The van der Waals surface area contributed by atoms with Crippen LogP contribution in [0.2, 0.25) is 5.02 Å². The summed E-state index contributed by atoms with van der Waals surface area (Å²) in [6.45, 7) is 1.94. The molecule has 20 heavy (non-hydrogen) atoms. The normalized spacial score (nSPS) is 11.7. The zero-order chi connectivity index (χ0) is 14.7. The van der Waals surface area contributed by atoms with Crippen LogP contribution in [0.25, 0.3) is 0 Å². The van der Waals surface area contributed by atoms with E-state index in [2.05, 4.69) is 28.7 Å². The highest BCUT2D eigenvalue weighted by Gasteiger charge is 2.25. The molecule has 0 aliphatic rings. The molecule has 100 valence electrons. The summed E-state index contributed by atoms with van der Waals surface area (Å²) in [6.07, 6.45) is 0. The minimum absolute atomic E-state index is 0.214. The van der Waals surface area contributed by atoms with E-state index in [0.717, 1.165) is 9.13 Å². The van der Waals surface area contributed by atoms with Crippen LogP contribution in [-0.4, -0.2) is 5.78 Å². The number of nitriles is 1. The Labute approximate surface area is 136 Å². The molecular formula is C16H11ClINO. The largest absolute Gasteiger partial charge is 0.292 e. The lowest BCUT2D eigenvalue weighted by Gasteiger charge is -2.12. The molecule has 1 unspecified atom stereocenters. The quantitative estimate of drug-likeness (QED) is 0.556. The van der Waals surface area contributed by atoms with Gasteiger partial charge in [0.2, 0.25) is 0 Å². The number of benzene rings is 2. The Morgan fingerprint density at radius 3 is 2.60 bits per heavy atom. The Bertz CT molecular complexity index is 706. The number of rotatable bonds is 3. The molecule has 0 spiro atoms. The van der Waals surface area contributed by atoms with Crippen LogP contribution in [-0.2, 0) is 0 Å². The van der Waals surface area contributed by atoms with E-state index in [1.54, 1.807) is 30.3 Å². The first-order valence-corrected chi connectivity index (χ1v) is 7.45. The fraction of sp³-hybridized carbons (Fsp3) is 0.125. The number of halogens is 2. The number of nitrogens with zero attached hydrogens (tertiary/aromatic N) is 1. The van der Waals surface area contributed by atoms with E-state index in [9.17, 15) is 10.1 Å². The van der Waals surface area contributed by atoms with E-state index in [1.807, 2.05) is 19.1 Å². The maximum Gasteiger partial charge on any atom is 0.185 e. The van der Waals surface area contributed by atoms with Crippen molar-refractivity contribution in [2.45, 2.75) is 12.8 Å². The van der Waals surface area contributed by atoms with Gasteiger partial charge in [0.25, 0.3) is 0 Å². The van der Waals surface area contributed by atoms with Crippen molar-refractivity contribution in [1.82, 2.24) is 0 Å². The van der Waals surface area contributed by atoms with E-state index in [0.29, 0.717) is 16.1 Å². The first kappa shape index (κ1) is 15.0. The summed E-state index contributed by atoms with van der Waals surface area (Å²) in [6, 6.07) is 14.5. The highest BCUT2D eigenvalue weighted by molar-refractivity contribution is 14.1. The summed E-state index contributed by atoms with van der Waals surface area (Å²) in [7, 11) is 0. The smallest absolute Gasteiger partial charge is 0.185 e. The average Bonchev–Trinajstić information content (AvgIpc) is 2.44. The average molecular weight is 396 g/mol. The third kappa shape index (κ3) is 2.87. The van der Waals surface area contributed by atoms with Crippen LogP contribution < -0.4 is 0 Å². The molecule has 0 bridgehead atoms. The van der Waals surface area contributed by atoms with Gasteiger partial charge in [0, 0.05) is 14.2 Å². The molecular weight excluding hydrogens is 385 g/mol. The van der Waals surface area contributed by atoms with Crippen molar-refractivity contribution in [2.75, 3.05) is 0 Å². The van der Waals surface area contributed by atoms with Gasteiger partial charge in [-0.2, -0.15) is 5.26 Å². The lowest BCUT2D eigenvalue weighted by atomic mass is 9.91.